The van der Waals surface area contributed by atoms with Crippen molar-refractivity contribution in [2.45, 2.75) is 5.16 Å². The second-order valence-corrected chi connectivity index (χ2v) is 3.63. The molecule has 0 aromatic carbocycles. The minimum absolute atomic E-state index is 0.398. The Morgan fingerprint density at radius 3 is 3.14 bits per heavy atom. The van der Waals surface area contributed by atoms with Crippen LogP contribution in [0.4, 0.5) is 0 Å². The number of aromatic nitrogens is 4. The molecule has 1 N–H and O–H groups in total. The average Bonchev–Trinajstić information content (AvgIpc) is 2.61. The van der Waals surface area contributed by atoms with Gasteiger partial charge in [0.05, 0.1) is 6.20 Å². The Morgan fingerprint density at radius 1 is 1.71 bits per heavy atom. The Hall–Kier alpha value is -1.39. The molecule has 0 radical (unpaired) electrons. The molecule has 0 atom stereocenters. The summed E-state index contributed by atoms with van der Waals surface area (Å²) < 4.78 is 1.94. The number of nitrogens with one attached hydrogen (secondary N) is 1. The van der Waals surface area contributed by atoms with Crippen LogP contribution in [0.15, 0.2) is 11.4 Å². The van der Waals surface area contributed by atoms with Gasteiger partial charge in [0.1, 0.15) is 6.07 Å². The first kappa shape index (κ1) is 9.18. The SMILES string of the molecule is CSc1nc(=S)c2ncc(C#N)n2[nH]1. The maximum atomic E-state index is 8.79. The summed E-state index contributed by atoms with van der Waals surface area (Å²) in [5.41, 5.74) is 0.929. The van der Waals surface area contributed by atoms with Crippen LogP contribution in [-0.2, 0) is 0 Å². The summed E-state index contributed by atoms with van der Waals surface area (Å²) in [6, 6.07) is 2.01. The van der Waals surface area contributed by atoms with Gasteiger partial charge >= 0.3 is 0 Å². The number of hydrogen-bond acceptors (Lipinski definition) is 5. The molecule has 2 aromatic rings. The van der Waals surface area contributed by atoms with Gasteiger partial charge in [0.25, 0.3) is 0 Å². The zero-order valence-corrected chi connectivity index (χ0v) is 8.82. The lowest BCUT2D eigenvalue weighted by atomic mass is 10.5. The van der Waals surface area contributed by atoms with Crippen LogP contribution in [0.5, 0.6) is 0 Å². The van der Waals surface area contributed by atoms with Crippen LogP contribution < -0.4 is 0 Å². The Balaban J connectivity index is 2.89. The first-order valence-electron chi connectivity index (χ1n) is 3.68. The van der Waals surface area contributed by atoms with Gasteiger partial charge < -0.3 is 0 Å². The first-order chi connectivity index (χ1) is 6.76. The summed E-state index contributed by atoms with van der Waals surface area (Å²) in [5.74, 6) is 0. The molecular weight excluding hydrogens is 218 g/mol. The van der Waals surface area contributed by atoms with Crippen molar-refractivity contribution in [1.29, 1.82) is 5.26 Å². The van der Waals surface area contributed by atoms with Crippen LogP contribution in [0.2, 0.25) is 0 Å². The highest BCUT2D eigenvalue weighted by molar-refractivity contribution is 7.98. The number of rotatable bonds is 1. The van der Waals surface area contributed by atoms with Crippen molar-refractivity contribution in [2.75, 3.05) is 6.26 Å². The number of H-pyrrole nitrogens is 1. The molecule has 0 bridgehead atoms. The molecule has 2 rings (SSSR count). The van der Waals surface area contributed by atoms with Gasteiger partial charge in [0, 0.05) is 0 Å². The maximum absolute atomic E-state index is 8.79. The summed E-state index contributed by atoms with van der Waals surface area (Å²) >= 11 is 6.46. The predicted octanol–water partition coefficient (Wildman–Crippen LogP) is 1.38. The van der Waals surface area contributed by atoms with Crippen molar-refractivity contribution in [3.05, 3.63) is 16.5 Å². The lowest BCUT2D eigenvalue weighted by Gasteiger charge is -1.98. The van der Waals surface area contributed by atoms with Gasteiger partial charge in [-0.2, -0.15) is 5.26 Å². The van der Waals surface area contributed by atoms with Crippen LogP contribution in [0, 0.1) is 16.0 Å². The maximum Gasteiger partial charge on any atom is 0.190 e. The van der Waals surface area contributed by atoms with Gasteiger partial charge in [-0.1, -0.05) is 24.0 Å². The number of thioether (sulfide) groups is 1. The summed E-state index contributed by atoms with van der Waals surface area (Å²) in [4.78, 5) is 8.09. The Labute approximate surface area is 88.8 Å². The number of nitrogens with zero attached hydrogens (tertiary/aromatic N) is 4. The highest BCUT2D eigenvalue weighted by atomic mass is 32.2. The smallest absolute Gasteiger partial charge is 0.190 e. The molecule has 7 heteroatoms. The number of fused-ring (bicyclic) bond motifs is 1. The van der Waals surface area contributed by atoms with E-state index in [9.17, 15) is 0 Å². The summed E-state index contributed by atoms with van der Waals surface area (Å²) in [6.07, 6.45) is 3.34. The molecule has 2 aromatic heterocycles. The van der Waals surface area contributed by atoms with Crippen LogP contribution in [0.1, 0.15) is 5.69 Å². The van der Waals surface area contributed by atoms with E-state index in [1.807, 2.05) is 12.3 Å². The lowest BCUT2D eigenvalue weighted by molar-refractivity contribution is 0.782. The van der Waals surface area contributed by atoms with Crippen molar-refractivity contribution in [3.8, 4) is 6.07 Å². The van der Waals surface area contributed by atoms with E-state index < -0.39 is 0 Å². The second kappa shape index (κ2) is 3.40. The van der Waals surface area contributed by atoms with Gasteiger partial charge in [-0.25, -0.2) is 14.5 Å². The van der Waals surface area contributed by atoms with E-state index in [2.05, 4.69) is 15.1 Å². The molecule has 0 unspecified atom stereocenters. The van der Waals surface area contributed by atoms with E-state index in [1.165, 1.54) is 18.0 Å². The normalized spacial score (nSPS) is 10.3. The first-order valence-corrected chi connectivity index (χ1v) is 5.31. The predicted molar refractivity (Wildman–Crippen MR) is 54.7 cm³/mol. The molecule has 14 heavy (non-hydrogen) atoms. The number of nitriles is 1. The van der Waals surface area contributed by atoms with Crippen LogP contribution in [0.3, 0.4) is 0 Å². The highest BCUT2D eigenvalue weighted by Gasteiger charge is 2.05. The second-order valence-electron chi connectivity index (χ2n) is 2.45. The van der Waals surface area contributed by atoms with Gasteiger partial charge in [0.15, 0.2) is 21.1 Å². The minimum Gasteiger partial charge on any atom is -0.269 e. The number of aromatic amines is 1. The van der Waals surface area contributed by atoms with Crippen molar-refractivity contribution in [2.24, 2.45) is 0 Å². The van der Waals surface area contributed by atoms with Gasteiger partial charge in [0.2, 0.25) is 0 Å². The zero-order valence-electron chi connectivity index (χ0n) is 7.18. The third-order valence-corrected chi connectivity index (χ3v) is 2.51. The summed E-state index contributed by atoms with van der Waals surface area (Å²) in [6.45, 7) is 0. The van der Waals surface area contributed by atoms with E-state index in [-0.39, 0.29) is 0 Å². The monoisotopic (exact) mass is 223 g/mol. The number of imidazole rings is 1. The molecule has 5 nitrogen and oxygen atoms in total. The van der Waals surface area contributed by atoms with E-state index in [0.717, 1.165) is 0 Å². The molecule has 0 spiro atoms. The molecule has 70 valence electrons. The molecule has 0 aliphatic carbocycles. The molecule has 0 aliphatic rings. The molecule has 0 amide bonds. The van der Waals surface area contributed by atoms with Gasteiger partial charge in [-0.05, 0) is 6.26 Å². The molecule has 0 saturated carbocycles. The van der Waals surface area contributed by atoms with Crippen LogP contribution in [0.25, 0.3) is 5.65 Å². The van der Waals surface area contributed by atoms with Crippen molar-refractivity contribution >= 4 is 29.6 Å². The molecule has 0 saturated heterocycles. The fourth-order valence-electron chi connectivity index (χ4n) is 1.05. The van der Waals surface area contributed by atoms with E-state index >= 15 is 0 Å². The molecular formula is C7H5N5S2. The molecule has 0 fully saturated rings. The number of hydrogen-bond donors (Lipinski definition) is 1. The standard InChI is InChI=1S/C7H5N5S2/c1-14-7-10-6(13)5-9-3-4(2-8)12(5)11-7/h3H,1H3,(H,10,11,13). The largest absolute Gasteiger partial charge is 0.269 e. The Morgan fingerprint density at radius 2 is 2.50 bits per heavy atom. The Bertz CT molecular complexity index is 576. The highest BCUT2D eigenvalue weighted by Crippen LogP contribution is 2.10. The van der Waals surface area contributed by atoms with Gasteiger partial charge in [-0.15, -0.1) is 0 Å². The van der Waals surface area contributed by atoms with E-state index in [1.54, 1.807) is 4.52 Å². The van der Waals surface area contributed by atoms with Crippen molar-refractivity contribution < 1.29 is 0 Å². The van der Waals surface area contributed by atoms with Crippen molar-refractivity contribution in [3.63, 3.8) is 0 Å². The zero-order chi connectivity index (χ0) is 10.1. The minimum atomic E-state index is 0.398. The van der Waals surface area contributed by atoms with E-state index in [4.69, 9.17) is 17.5 Å². The van der Waals surface area contributed by atoms with Crippen LogP contribution >= 0.6 is 24.0 Å². The quantitative estimate of drug-likeness (QED) is 0.584. The van der Waals surface area contributed by atoms with Gasteiger partial charge in [-0.3, -0.25) is 5.10 Å². The summed E-state index contributed by atoms with van der Waals surface area (Å²) in [5, 5.41) is 12.4. The fourth-order valence-corrected chi connectivity index (χ4v) is 1.71. The molecule has 2 heterocycles. The van der Waals surface area contributed by atoms with Crippen LogP contribution in [-0.4, -0.2) is 25.8 Å². The topological polar surface area (TPSA) is 69.8 Å². The fraction of sp³-hybridized carbons (Fsp3) is 0.143. The molecule has 0 aliphatic heterocycles. The average molecular weight is 223 g/mol. The van der Waals surface area contributed by atoms with Crippen molar-refractivity contribution in [1.82, 2.24) is 19.6 Å². The van der Waals surface area contributed by atoms with E-state index in [0.29, 0.717) is 21.1 Å². The third-order valence-electron chi connectivity index (χ3n) is 1.67. The Kier molecular flexibility index (Phi) is 2.23. The third kappa shape index (κ3) is 1.29. The summed E-state index contributed by atoms with van der Waals surface area (Å²) in [7, 11) is 0. The lowest BCUT2D eigenvalue weighted by Crippen LogP contribution is -1.99.